The van der Waals surface area contributed by atoms with Crippen LogP contribution in [0, 0.1) is 5.92 Å². The summed E-state index contributed by atoms with van der Waals surface area (Å²) in [5.41, 5.74) is 2.28. The van der Waals surface area contributed by atoms with Crippen LogP contribution in [0.25, 0.3) is 0 Å². The summed E-state index contributed by atoms with van der Waals surface area (Å²) in [7, 11) is 2.01. The fourth-order valence-corrected chi connectivity index (χ4v) is 4.80. The summed E-state index contributed by atoms with van der Waals surface area (Å²) >= 11 is 12.3. The highest BCUT2D eigenvalue weighted by molar-refractivity contribution is 6.42. The summed E-state index contributed by atoms with van der Waals surface area (Å²) in [5, 5.41) is 16.5. The van der Waals surface area contributed by atoms with Crippen molar-refractivity contribution in [1.29, 1.82) is 0 Å². The van der Waals surface area contributed by atoms with E-state index in [0.717, 1.165) is 5.56 Å². The molecule has 1 aliphatic rings. The molecular weight excluding hydrogens is 527 g/mol. The third-order valence-corrected chi connectivity index (χ3v) is 7.26. The van der Waals surface area contributed by atoms with E-state index in [2.05, 4.69) is 22.5 Å². The maximum atomic E-state index is 13.4. The summed E-state index contributed by atoms with van der Waals surface area (Å²) in [4.78, 5) is 29.5. The van der Waals surface area contributed by atoms with Gasteiger partial charge in [-0.1, -0.05) is 36.2 Å². The van der Waals surface area contributed by atoms with E-state index in [1.165, 1.54) is 0 Å². The summed E-state index contributed by atoms with van der Waals surface area (Å²) in [6.45, 7) is 9.20. The fraction of sp³-hybridized carbons (Fsp3) is 0.500. The Kier molecular flexibility index (Phi) is 10.7. The van der Waals surface area contributed by atoms with Crippen LogP contribution in [0.4, 0.5) is 10.5 Å². The molecule has 0 aliphatic carbocycles. The van der Waals surface area contributed by atoms with Crippen LogP contribution in [0.5, 0.6) is 5.75 Å². The van der Waals surface area contributed by atoms with E-state index in [1.54, 1.807) is 29.2 Å². The highest BCUT2D eigenvalue weighted by atomic mass is 35.5. The van der Waals surface area contributed by atoms with Gasteiger partial charge in [0.1, 0.15) is 11.9 Å². The van der Waals surface area contributed by atoms with Gasteiger partial charge in [-0.15, -0.1) is 0 Å². The van der Waals surface area contributed by atoms with Gasteiger partial charge in [0.2, 0.25) is 5.91 Å². The van der Waals surface area contributed by atoms with Crippen LogP contribution >= 0.6 is 23.2 Å². The lowest BCUT2D eigenvalue weighted by Crippen LogP contribution is -2.47. The van der Waals surface area contributed by atoms with Crippen molar-refractivity contribution in [3.8, 4) is 5.75 Å². The number of benzene rings is 2. The number of carbonyl (C=O) groups is 2. The SMILES string of the molecule is CC(C)NC(=O)Nc1ccc2c(c1)CC(=O)N([C@H](C)CO)C[C@H](C)[C@H](CN(C)Cc1ccc(Cl)c(Cl)c1)O2. The van der Waals surface area contributed by atoms with E-state index in [-0.39, 0.29) is 49.1 Å². The van der Waals surface area contributed by atoms with Gasteiger partial charge in [0.15, 0.2) is 0 Å². The van der Waals surface area contributed by atoms with Crippen molar-refractivity contribution < 1.29 is 19.4 Å². The summed E-state index contributed by atoms with van der Waals surface area (Å²) in [6, 6.07) is 10.3. The van der Waals surface area contributed by atoms with Crippen LogP contribution < -0.4 is 15.4 Å². The van der Waals surface area contributed by atoms with Crippen molar-refractivity contribution in [3.05, 3.63) is 57.6 Å². The van der Waals surface area contributed by atoms with Crippen molar-refractivity contribution >= 4 is 40.8 Å². The molecule has 2 aromatic rings. The van der Waals surface area contributed by atoms with Gasteiger partial charge in [0, 0.05) is 42.8 Å². The second kappa shape index (κ2) is 13.5. The number of rotatable bonds is 8. The maximum absolute atomic E-state index is 13.4. The summed E-state index contributed by atoms with van der Waals surface area (Å²) in [5.74, 6) is 0.480. The molecule has 3 atom stereocenters. The molecule has 0 aromatic heterocycles. The van der Waals surface area contributed by atoms with Gasteiger partial charge in [0.25, 0.3) is 0 Å². The molecule has 0 saturated carbocycles. The van der Waals surface area contributed by atoms with E-state index in [1.807, 2.05) is 40.0 Å². The first-order valence-electron chi connectivity index (χ1n) is 12.9. The van der Waals surface area contributed by atoms with E-state index in [0.29, 0.717) is 46.7 Å². The van der Waals surface area contributed by atoms with E-state index >= 15 is 0 Å². The normalized spacial score (nSPS) is 18.8. The number of amides is 3. The van der Waals surface area contributed by atoms with Crippen molar-refractivity contribution in [2.75, 3.05) is 32.1 Å². The topological polar surface area (TPSA) is 94.1 Å². The standard InChI is InChI=1S/C28H38Cl2N4O4/c1-17(2)31-28(37)32-22-7-9-25-21(11-22)12-27(36)34(19(4)16-35)13-18(3)26(38-25)15-33(5)14-20-6-8-23(29)24(30)10-20/h6-11,17-19,26,35H,12-16H2,1-5H3,(H2,31,32,37)/t18-,19+,26-/m0/s1. The number of nitrogens with one attached hydrogen (secondary N) is 2. The first-order chi connectivity index (χ1) is 18.0. The molecule has 0 fully saturated rings. The Bertz CT molecular complexity index is 1130. The molecule has 3 amide bonds. The molecule has 0 radical (unpaired) electrons. The second-order valence-electron chi connectivity index (χ2n) is 10.4. The number of fused-ring (bicyclic) bond motifs is 1. The molecule has 0 saturated heterocycles. The summed E-state index contributed by atoms with van der Waals surface area (Å²) in [6.07, 6.45) is -0.150. The van der Waals surface area contributed by atoms with Gasteiger partial charge < -0.3 is 25.4 Å². The van der Waals surface area contributed by atoms with Crippen LogP contribution in [-0.2, 0) is 17.8 Å². The van der Waals surface area contributed by atoms with E-state index < -0.39 is 0 Å². The lowest BCUT2D eigenvalue weighted by atomic mass is 10.0. The Morgan fingerprint density at radius 2 is 1.92 bits per heavy atom. The number of aliphatic hydroxyl groups excluding tert-OH is 1. The average Bonchev–Trinajstić information content (AvgIpc) is 2.88. The molecular formula is C28H38Cl2N4O4. The Balaban J connectivity index is 1.87. The molecule has 3 N–H and O–H groups in total. The minimum atomic E-state index is -0.334. The molecule has 8 nitrogen and oxygen atoms in total. The third kappa shape index (κ3) is 8.24. The fourth-order valence-electron chi connectivity index (χ4n) is 4.48. The molecule has 1 aliphatic heterocycles. The zero-order valence-electron chi connectivity index (χ0n) is 22.6. The van der Waals surface area contributed by atoms with Crippen LogP contribution in [0.2, 0.25) is 10.0 Å². The third-order valence-electron chi connectivity index (χ3n) is 6.52. The minimum Gasteiger partial charge on any atom is -0.488 e. The lowest BCUT2D eigenvalue weighted by molar-refractivity contribution is -0.134. The molecule has 0 bridgehead atoms. The smallest absolute Gasteiger partial charge is 0.319 e. The number of anilines is 1. The summed E-state index contributed by atoms with van der Waals surface area (Å²) < 4.78 is 6.56. The number of ether oxygens (including phenoxy) is 1. The molecule has 2 aromatic carbocycles. The first kappa shape index (κ1) is 30.0. The molecule has 3 rings (SSSR count). The Morgan fingerprint density at radius 1 is 1.18 bits per heavy atom. The molecule has 1 heterocycles. The van der Waals surface area contributed by atoms with Crippen LogP contribution in [0.15, 0.2) is 36.4 Å². The zero-order chi connectivity index (χ0) is 28.0. The van der Waals surface area contributed by atoms with Gasteiger partial charge in [-0.25, -0.2) is 4.79 Å². The van der Waals surface area contributed by atoms with Crippen molar-refractivity contribution in [1.82, 2.24) is 15.1 Å². The monoisotopic (exact) mass is 564 g/mol. The number of aliphatic hydroxyl groups is 1. The van der Waals surface area contributed by atoms with Crippen LogP contribution in [-0.4, -0.2) is 71.8 Å². The maximum Gasteiger partial charge on any atom is 0.319 e. The van der Waals surface area contributed by atoms with Crippen molar-refractivity contribution in [2.24, 2.45) is 5.92 Å². The predicted molar refractivity (Wildman–Crippen MR) is 152 cm³/mol. The lowest BCUT2D eigenvalue weighted by Gasteiger charge is -2.34. The van der Waals surface area contributed by atoms with E-state index in [4.69, 9.17) is 27.9 Å². The highest BCUT2D eigenvalue weighted by Gasteiger charge is 2.31. The number of nitrogens with zero attached hydrogens (tertiary/aromatic N) is 2. The van der Waals surface area contributed by atoms with Gasteiger partial charge >= 0.3 is 6.03 Å². The van der Waals surface area contributed by atoms with Gasteiger partial charge in [-0.05, 0) is 63.7 Å². The molecule has 38 heavy (non-hydrogen) atoms. The Labute approximate surface area is 235 Å². The first-order valence-corrected chi connectivity index (χ1v) is 13.6. The molecule has 10 heteroatoms. The minimum absolute atomic E-state index is 0.00979. The quantitative estimate of drug-likeness (QED) is 0.428. The van der Waals surface area contributed by atoms with Crippen molar-refractivity contribution in [2.45, 2.75) is 58.8 Å². The number of halogens is 2. The Morgan fingerprint density at radius 3 is 2.58 bits per heavy atom. The highest BCUT2D eigenvalue weighted by Crippen LogP contribution is 2.30. The molecule has 208 valence electrons. The number of likely N-dealkylation sites (N-methyl/N-ethyl adjacent to an activating group) is 1. The number of hydrogen-bond acceptors (Lipinski definition) is 5. The number of urea groups is 1. The molecule has 0 unspecified atom stereocenters. The Hall–Kier alpha value is -2.52. The van der Waals surface area contributed by atoms with Crippen molar-refractivity contribution in [3.63, 3.8) is 0 Å². The molecule has 0 spiro atoms. The zero-order valence-corrected chi connectivity index (χ0v) is 24.1. The number of hydrogen-bond donors (Lipinski definition) is 3. The van der Waals surface area contributed by atoms with Crippen LogP contribution in [0.1, 0.15) is 38.8 Å². The van der Waals surface area contributed by atoms with Gasteiger partial charge in [-0.3, -0.25) is 9.69 Å². The van der Waals surface area contributed by atoms with Gasteiger partial charge in [-0.2, -0.15) is 0 Å². The van der Waals surface area contributed by atoms with E-state index in [9.17, 15) is 14.7 Å². The van der Waals surface area contributed by atoms with Gasteiger partial charge in [0.05, 0.1) is 29.1 Å². The average molecular weight is 566 g/mol. The van der Waals surface area contributed by atoms with Crippen LogP contribution in [0.3, 0.4) is 0 Å². The number of carbonyl (C=O) groups excluding carboxylic acids is 2. The second-order valence-corrected chi connectivity index (χ2v) is 11.2. The predicted octanol–water partition coefficient (Wildman–Crippen LogP) is 4.80. The largest absolute Gasteiger partial charge is 0.488 e.